The second-order valence-electron chi connectivity index (χ2n) is 5.73. The van der Waals surface area contributed by atoms with E-state index in [0.717, 1.165) is 30.3 Å². The molecule has 0 saturated heterocycles. The molecule has 2 amide bonds. The summed E-state index contributed by atoms with van der Waals surface area (Å²) < 4.78 is 0. The second kappa shape index (κ2) is 7.49. The van der Waals surface area contributed by atoms with Gasteiger partial charge in [0.15, 0.2) is 0 Å². The quantitative estimate of drug-likeness (QED) is 0.926. The van der Waals surface area contributed by atoms with Crippen LogP contribution in [0.1, 0.15) is 17.5 Å². The predicted molar refractivity (Wildman–Crippen MR) is 97.6 cm³/mol. The zero-order chi connectivity index (χ0) is 16.9. The molecule has 0 saturated carbocycles. The number of carbonyl (C=O) groups excluding carboxylic acids is 2. The van der Waals surface area contributed by atoms with Gasteiger partial charge in [0.2, 0.25) is 5.91 Å². The monoisotopic (exact) mass is 341 g/mol. The summed E-state index contributed by atoms with van der Waals surface area (Å²) in [6.45, 7) is 2.75. The largest absolute Gasteiger partial charge is 0.324 e. The molecule has 6 heteroatoms. The molecule has 3 rings (SSSR count). The first-order valence-corrected chi connectivity index (χ1v) is 8.86. The number of pyridine rings is 1. The van der Waals surface area contributed by atoms with Gasteiger partial charge in [-0.2, -0.15) is 0 Å². The minimum atomic E-state index is -0.206. The van der Waals surface area contributed by atoms with Crippen molar-refractivity contribution in [1.29, 1.82) is 0 Å². The van der Waals surface area contributed by atoms with E-state index in [9.17, 15) is 9.59 Å². The van der Waals surface area contributed by atoms with E-state index < -0.39 is 0 Å². The first-order valence-electron chi connectivity index (χ1n) is 7.87. The predicted octanol–water partition coefficient (Wildman–Crippen LogP) is 3.63. The number of benzene rings is 1. The summed E-state index contributed by atoms with van der Waals surface area (Å²) in [6, 6.07) is 9.66. The fourth-order valence-electron chi connectivity index (χ4n) is 2.75. The van der Waals surface area contributed by atoms with Gasteiger partial charge in [0, 0.05) is 18.4 Å². The Hall–Kier alpha value is -2.34. The number of hydrogen-bond donors (Lipinski definition) is 1. The molecule has 1 N–H and O–H groups in total. The van der Waals surface area contributed by atoms with Crippen molar-refractivity contribution in [3.05, 3.63) is 53.9 Å². The molecule has 24 heavy (non-hydrogen) atoms. The maximum Gasteiger partial charge on any atom is 0.286 e. The molecule has 0 aliphatic carbocycles. The molecule has 0 spiro atoms. The Morgan fingerprint density at radius 3 is 3.00 bits per heavy atom. The number of thioether (sulfide) groups is 1. The smallest absolute Gasteiger partial charge is 0.286 e. The third-order valence-electron chi connectivity index (χ3n) is 3.85. The summed E-state index contributed by atoms with van der Waals surface area (Å²) in [5.41, 5.74) is 4.01. The van der Waals surface area contributed by atoms with E-state index in [1.54, 1.807) is 29.4 Å². The molecule has 0 atom stereocenters. The van der Waals surface area contributed by atoms with Crippen LogP contribution in [0.3, 0.4) is 0 Å². The normalized spacial score (nSPS) is 13.3. The van der Waals surface area contributed by atoms with Gasteiger partial charge in [-0.25, -0.2) is 0 Å². The van der Waals surface area contributed by atoms with Crippen LogP contribution in [-0.2, 0) is 11.2 Å². The number of aromatic nitrogens is 1. The number of nitrogens with one attached hydrogen (secondary N) is 1. The standard InChI is InChI=1S/C18H19N3O2S/c1-13-6-7-16-14(10-13)4-3-9-21(16)18(23)24-12-17(22)20-15-5-2-8-19-11-15/h2,5-8,10-11H,3-4,9,12H2,1H3,(H,20,22). The molecule has 2 aromatic rings. The van der Waals surface area contributed by atoms with E-state index in [-0.39, 0.29) is 16.9 Å². The van der Waals surface area contributed by atoms with Crippen molar-refractivity contribution in [1.82, 2.24) is 4.98 Å². The molecule has 0 fully saturated rings. The minimum absolute atomic E-state index is 0.0823. The molecule has 0 bridgehead atoms. The molecule has 1 aromatic heterocycles. The van der Waals surface area contributed by atoms with Crippen molar-refractivity contribution in [3.63, 3.8) is 0 Å². The molecule has 1 aromatic carbocycles. The Morgan fingerprint density at radius 2 is 2.21 bits per heavy atom. The number of aryl methyl sites for hydroxylation is 2. The van der Waals surface area contributed by atoms with E-state index in [1.165, 1.54) is 11.1 Å². The number of anilines is 2. The molecule has 2 heterocycles. The maximum absolute atomic E-state index is 12.5. The third-order valence-corrected chi connectivity index (χ3v) is 4.72. The van der Waals surface area contributed by atoms with E-state index in [0.29, 0.717) is 12.2 Å². The number of rotatable bonds is 3. The average Bonchev–Trinajstić information content (AvgIpc) is 2.59. The van der Waals surface area contributed by atoms with Crippen LogP contribution in [0, 0.1) is 6.92 Å². The van der Waals surface area contributed by atoms with Crippen molar-refractivity contribution in [3.8, 4) is 0 Å². The summed E-state index contributed by atoms with van der Waals surface area (Å²) in [5.74, 6) is -0.117. The summed E-state index contributed by atoms with van der Waals surface area (Å²) in [7, 11) is 0. The Labute approximate surface area is 145 Å². The highest BCUT2D eigenvalue weighted by Gasteiger charge is 2.23. The summed E-state index contributed by atoms with van der Waals surface area (Å²) in [6.07, 6.45) is 5.16. The molecular weight excluding hydrogens is 322 g/mol. The van der Waals surface area contributed by atoms with Crippen molar-refractivity contribution < 1.29 is 9.59 Å². The Morgan fingerprint density at radius 1 is 1.33 bits per heavy atom. The maximum atomic E-state index is 12.5. The lowest BCUT2D eigenvalue weighted by atomic mass is 10.0. The van der Waals surface area contributed by atoms with E-state index in [2.05, 4.69) is 23.3 Å². The lowest BCUT2D eigenvalue weighted by molar-refractivity contribution is -0.113. The van der Waals surface area contributed by atoms with Crippen LogP contribution in [-0.4, -0.2) is 28.4 Å². The second-order valence-corrected chi connectivity index (χ2v) is 6.66. The van der Waals surface area contributed by atoms with Crippen molar-refractivity contribution in [2.45, 2.75) is 19.8 Å². The Bertz CT molecular complexity index is 749. The van der Waals surface area contributed by atoms with Crippen LogP contribution in [0.25, 0.3) is 0 Å². The van der Waals surface area contributed by atoms with Gasteiger partial charge < -0.3 is 10.2 Å². The number of hydrogen-bond acceptors (Lipinski definition) is 4. The van der Waals surface area contributed by atoms with Crippen molar-refractivity contribution in [2.75, 3.05) is 22.5 Å². The highest BCUT2D eigenvalue weighted by molar-refractivity contribution is 8.14. The van der Waals surface area contributed by atoms with E-state index in [1.807, 2.05) is 12.1 Å². The van der Waals surface area contributed by atoms with Gasteiger partial charge in [0.1, 0.15) is 0 Å². The molecular formula is C18H19N3O2S. The Balaban J connectivity index is 1.59. The van der Waals surface area contributed by atoms with Gasteiger partial charge in [-0.15, -0.1) is 0 Å². The number of carbonyl (C=O) groups is 2. The third kappa shape index (κ3) is 3.94. The van der Waals surface area contributed by atoms with Crippen LogP contribution >= 0.6 is 11.8 Å². The number of nitrogens with zero attached hydrogens (tertiary/aromatic N) is 2. The van der Waals surface area contributed by atoms with Crippen LogP contribution in [0.2, 0.25) is 0 Å². The van der Waals surface area contributed by atoms with Gasteiger partial charge in [-0.05, 0) is 43.5 Å². The highest BCUT2D eigenvalue weighted by atomic mass is 32.2. The van der Waals surface area contributed by atoms with Crippen LogP contribution < -0.4 is 10.2 Å². The van der Waals surface area contributed by atoms with Gasteiger partial charge in [-0.1, -0.05) is 29.5 Å². The highest BCUT2D eigenvalue weighted by Crippen LogP contribution is 2.30. The van der Waals surface area contributed by atoms with Crippen LogP contribution in [0.4, 0.5) is 16.2 Å². The van der Waals surface area contributed by atoms with Crippen LogP contribution in [0.5, 0.6) is 0 Å². The lowest BCUT2D eigenvalue weighted by Gasteiger charge is -2.29. The van der Waals surface area contributed by atoms with Crippen molar-refractivity contribution in [2.24, 2.45) is 0 Å². The number of fused-ring (bicyclic) bond motifs is 1. The molecule has 5 nitrogen and oxygen atoms in total. The van der Waals surface area contributed by atoms with Gasteiger partial charge in [0.05, 0.1) is 17.6 Å². The molecule has 1 aliphatic rings. The Kier molecular flexibility index (Phi) is 5.15. The number of amides is 2. The molecule has 1 aliphatic heterocycles. The van der Waals surface area contributed by atoms with E-state index >= 15 is 0 Å². The first kappa shape index (κ1) is 16.5. The first-order chi connectivity index (χ1) is 11.6. The van der Waals surface area contributed by atoms with Crippen LogP contribution in [0.15, 0.2) is 42.7 Å². The molecule has 0 unspecified atom stereocenters. The van der Waals surface area contributed by atoms with Gasteiger partial charge in [-0.3, -0.25) is 14.6 Å². The zero-order valence-electron chi connectivity index (χ0n) is 13.5. The SMILES string of the molecule is Cc1ccc2c(c1)CCCN2C(=O)SCC(=O)Nc1cccnc1. The summed E-state index contributed by atoms with van der Waals surface area (Å²) in [4.78, 5) is 30.2. The fraction of sp³-hybridized carbons (Fsp3) is 0.278. The minimum Gasteiger partial charge on any atom is -0.324 e. The van der Waals surface area contributed by atoms with Gasteiger partial charge in [0.25, 0.3) is 5.24 Å². The zero-order valence-corrected chi connectivity index (χ0v) is 14.3. The fourth-order valence-corrected chi connectivity index (χ4v) is 3.43. The summed E-state index contributed by atoms with van der Waals surface area (Å²) >= 11 is 1.03. The molecule has 0 radical (unpaired) electrons. The topological polar surface area (TPSA) is 62.3 Å². The summed E-state index contributed by atoms with van der Waals surface area (Å²) in [5, 5.41) is 2.65. The average molecular weight is 341 g/mol. The van der Waals surface area contributed by atoms with E-state index in [4.69, 9.17) is 0 Å². The van der Waals surface area contributed by atoms with Crippen molar-refractivity contribution >= 4 is 34.3 Å². The molecule has 124 valence electrons. The van der Waals surface area contributed by atoms with Gasteiger partial charge >= 0.3 is 0 Å². The lowest BCUT2D eigenvalue weighted by Crippen LogP contribution is -2.33.